The molecule has 0 heterocycles. The Hall–Kier alpha value is -0.120. The van der Waals surface area contributed by atoms with E-state index in [9.17, 15) is 0 Å². The van der Waals surface area contributed by atoms with Crippen molar-refractivity contribution in [2.45, 2.75) is 25.8 Å². The van der Waals surface area contributed by atoms with E-state index in [-0.39, 0.29) is 5.54 Å². The number of likely N-dealkylation sites (N-methyl/N-ethyl adjacent to an activating group) is 2. The highest BCUT2D eigenvalue weighted by Crippen LogP contribution is 2.11. The van der Waals surface area contributed by atoms with E-state index in [1.807, 2.05) is 0 Å². The van der Waals surface area contributed by atoms with Gasteiger partial charge in [-0.2, -0.15) is 0 Å². The first-order chi connectivity index (χ1) is 5.90. The van der Waals surface area contributed by atoms with E-state index in [4.69, 9.17) is 5.73 Å². The van der Waals surface area contributed by atoms with Gasteiger partial charge in [-0.25, -0.2) is 0 Å². The summed E-state index contributed by atoms with van der Waals surface area (Å²) in [7, 11) is 6.40. The van der Waals surface area contributed by atoms with Gasteiger partial charge in [-0.3, -0.25) is 0 Å². The van der Waals surface area contributed by atoms with Crippen molar-refractivity contribution in [2.75, 3.05) is 40.8 Å². The van der Waals surface area contributed by atoms with Gasteiger partial charge >= 0.3 is 0 Å². The summed E-state index contributed by atoms with van der Waals surface area (Å²) in [5.41, 5.74) is 5.70. The lowest BCUT2D eigenvalue weighted by molar-refractivity contribution is 0.134. The summed E-state index contributed by atoms with van der Waals surface area (Å²) < 4.78 is 0. The molecule has 0 rings (SSSR count). The predicted molar refractivity (Wildman–Crippen MR) is 58.9 cm³/mol. The molecule has 0 saturated heterocycles. The van der Waals surface area contributed by atoms with Crippen molar-refractivity contribution in [3.63, 3.8) is 0 Å². The predicted octanol–water partition coefficient (Wildman–Crippen LogP) is 0.607. The van der Waals surface area contributed by atoms with Crippen molar-refractivity contribution >= 4 is 0 Å². The highest BCUT2D eigenvalue weighted by Gasteiger charge is 2.21. The van der Waals surface area contributed by atoms with Gasteiger partial charge in [0.25, 0.3) is 0 Å². The fourth-order valence-electron chi connectivity index (χ4n) is 1.24. The first kappa shape index (κ1) is 12.9. The average molecular weight is 187 g/mol. The minimum atomic E-state index is 0.239. The smallest absolute Gasteiger partial charge is 0.0274 e. The molecule has 0 aromatic carbocycles. The van der Waals surface area contributed by atoms with E-state index in [2.05, 4.69) is 44.8 Å². The van der Waals surface area contributed by atoms with Crippen molar-refractivity contribution in [1.29, 1.82) is 0 Å². The molecule has 2 N–H and O–H groups in total. The lowest BCUT2D eigenvalue weighted by Crippen LogP contribution is -2.47. The number of nitrogens with zero attached hydrogens (tertiary/aromatic N) is 2. The third kappa shape index (κ3) is 5.24. The number of hydrogen-bond acceptors (Lipinski definition) is 3. The normalized spacial score (nSPS) is 12.9. The molecule has 0 aliphatic heterocycles. The Morgan fingerprint density at radius 3 is 2.08 bits per heavy atom. The number of nitrogens with two attached hydrogens (primary N) is 1. The van der Waals surface area contributed by atoms with E-state index < -0.39 is 0 Å². The van der Waals surface area contributed by atoms with Crippen LogP contribution in [-0.2, 0) is 0 Å². The Labute approximate surface area is 82.9 Å². The second-order valence-electron chi connectivity index (χ2n) is 4.59. The molecule has 0 aromatic rings. The van der Waals surface area contributed by atoms with Crippen molar-refractivity contribution in [3.05, 3.63) is 0 Å². The van der Waals surface area contributed by atoms with Crippen LogP contribution in [0, 0.1) is 0 Å². The molecule has 0 fully saturated rings. The lowest BCUT2D eigenvalue weighted by atomic mass is 10.0. The highest BCUT2D eigenvalue weighted by molar-refractivity contribution is 4.80. The quantitative estimate of drug-likeness (QED) is 0.661. The van der Waals surface area contributed by atoms with Gasteiger partial charge in [0.05, 0.1) is 0 Å². The van der Waals surface area contributed by atoms with E-state index in [1.165, 1.54) is 0 Å². The summed E-state index contributed by atoms with van der Waals surface area (Å²) >= 11 is 0. The van der Waals surface area contributed by atoms with Crippen molar-refractivity contribution in [2.24, 2.45) is 5.73 Å². The van der Waals surface area contributed by atoms with Crippen LogP contribution >= 0.6 is 0 Å². The van der Waals surface area contributed by atoms with Gasteiger partial charge in [0.1, 0.15) is 0 Å². The summed E-state index contributed by atoms with van der Waals surface area (Å²) in [6.45, 7) is 7.47. The number of rotatable bonds is 6. The summed E-state index contributed by atoms with van der Waals surface area (Å²) in [6.07, 6.45) is 1.08. The number of hydrogen-bond donors (Lipinski definition) is 1. The van der Waals surface area contributed by atoms with Crippen LogP contribution in [-0.4, -0.2) is 56.1 Å². The molecule has 0 aliphatic carbocycles. The second kappa shape index (κ2) is 5.58. The largest absolute Gasteiger partial charge is 0.330 e. The topological polar surface area (TPSA) is 32.5 Å². The van der Waals surface area contributed by atoms with E-state index >= 15 is 0 Å². The third-order valence-electron chi connectivity index (χ3n) is 2.61. The van der Waals surface area contributed by atoms with Crippen LogP contribution in [0.15, 0.2) is 0 Å². The van der Waals surface area contributed by atoms with Crippen LogP contribution in [0.2, 0.25) is 0 Å². The maximum absolute atomic E-state index is 5.46. The Balaban J connectivity index is 3.82. The second-order valence-corrected chi connectivity index (χ2v) is 4.59. The Bertz CT molecular complexity index is 132. The van der Waals surface area contributed by atoms with Crippen LogP contribution < -0.4 is 5.73 Å². The molecule has 13 heavy (non-hydrogen) atoms. The molecule has 0 bridgehead atoms. The van der Waals surface area contributed by atoms with Crippen molar-refractivity contribution in [3.8, 4) is 0 Å². The molecular weight excluding hydrogens is 162 g/mol. The summed E-state index contributed by atoms with van der Waals surface area (Å²) in [6, 6.07) is 0. The fourth-order valence-corrected chi connectivity index (χ4v) is 1.24. The molecule has 3 nitrogen and oxygen atoms in total. The van der Waals surface area contributed by atoms with Crippen LogP contribution in [0.4, 0.5) is 0 Å². The van der Waals surface area contributed by atoms with Crippen LogP contribution in [0.3, 0.4) is 0 Å². The first-order valence-electron chi connectivity index (χ1n) is 4.96. The minimum Gasteiger partial charge on any atom is -0.330 e. The Morgan fingerprint density at radius 2 is 1.69 bits per heavy atom. The SMILES string of the molecule is CN(CCCN)CC(C)(C)N(C)C. The van der Waals surface area contributed by atoms with Crippen LogP contribution in [0.25, 0.3) is 0 Å². The molecule has 3 heteroatoms. The maximum atomic E-state index is 5.46. The molecule has 0 atom stereocenters. The van der Waals surface area contributed by atoms with E-state index in [0.29, 0.717) is 0 Å². The third-order valence-corrected chi connectivity index (χ3v) is 2.61. The molecule has 0 saturated carbocycles. The molecule has 80 valence electrons. The van der Waals surface area contributed by atoms with Gasteiger partial charge in [0.15, 0.2) is 0 Å². The van der Waals surface area contributed by atoms with Gasteiger partial charge in [0, 0.05) is 12.1 Å². The molecule has 0 amide bonds. The highest BCUT2D eigenvalue weighted by atomic mass is 15.2. The van der Waals surface area contributed by atoms with Crippen molar-refractivity contribution < 1.29 is 0 Å². The van der Waals surface area contributed by atoms with Gasteiger partial charge in [-0.15, -0.1) is 0 Å². The van der Waals surface area contributed by atoms with Gasteiger partial charge in [0.2, 0.25) is 0 Å². The zero-order valence-electron chi connectivity index (χ0n) is 9.80. The van der Waals surface area contributed by atoms with Crippen molar-refractivity contribution in [1.82, 2.24) is 9.80 Å². The standard InChI is InChI=1S/C10H25N3/c1-10(2,12(3)4)9-13(5)8-6-7-11/h6-9,11H2,1-5H3. The molecular formula is C10H25N3. The molecule has 0 unspecified atom stereocenters. The maximum Gasteiger partial charge on any atom is 0.0274 e. The Kier molecular flexibility index (Phi) is 5.53. The zero-order chi connectivity index (χ0) is 10.5. The van der Waals surface area contributed by atoms with Crippen LogP contribution in [0.5, 0.6) is 0 Å². The summed E-state index contributed by atoms with van der Waals surface area (Å²) in [5.74, 6) is 0. The summed E-state index contributed by atoms with van der Waals surface area (Å²) in [5, 5.41) is 0. The van der Waals surface area contributed by atoms with Crippen LogP contribution in [0.1, 0.15) is 20.3 Å². The minimum absolute atomic E-state index is 0.239. The van der Waals surface area contributed by atoms with E-state index in [1.54, 1.807) is 0 Å². The lowest BCUT2D eigenvalue weighted by Gasteiger charge is -2.36. The molecule has 0 radical (unpaired) electrons. The molecule has 0 aromatic heterocycles. The van der Waals surface area contributed by atoms with Gasteiger partial charge in [-0.05, 0) is 54.5 Å². The van der Waals surface area contributed by atoms with Gasteiger partial charge in [-0.1, -0.05) is 0 Å². The first-order valence-corrected chi connectivity index (χ1v) is 4.96. The monoisotopic (exact) mass is 187 g/mol. The molecule has 0 aliphatic rings. The zero-order valence-corrected chi connectivity index (χ0v) is 9.80. The molecule has 0 spiro atoms. The summed E-state index contributed by atoms with van der Waals surface area (Å²) in [4.78, 5) is 4.60. The van der Waals surface area contributed by atoms with E-state index in [0.717, 1.165) is 26.1 Å². The Morgan fingerprint density at radius 1 is 1.15 bits per heavy atom. The fraction of sp³-hybridized carbons (Fsp3) is 1.00. The average Bonchev–Trinajstić information content (AvgIpc) is 1.99. The van der Waals surface area contributed by atoms with Gasteiger partial charge < -0.3 is 15.5 Å².